The summed E-state index contributed by atoms with van der Waals surface area (Å²) in [7, 11) is 1.43. The van der Waals surface area contributed by atoms with Crippen molar-refractivity contribution in [2.45, 2.75) is 12.3 Å². The number of carbonyl (C=O) groups is 1. The Labute approximate surface area is 106 Å². The molecule has 5 nitrogen and oxygen atoms in total. The van der Waals surface area contributed by atoms with E-state index < -0.39 is 0 Å². The molecular weight excluding hydrogens is 230 g/mol. The number of esters is 1. The number of likely N-dealkylation sites (tertiary alicyclic amines) is 1. The van der Waals surface area contributed by atoms with Gasteiger partial charge in [-0.1, -0.05) is 0 Å². The van der Waals surface area contributed by atoms with Crippen LogP contribution in [0.25, 0.3) is 0 Å². The van der Waals surface area contributed by atoms with Crippen molar-refractivity contribution in [1.29, 1.82) is 5.26 Å². The van der Waals surface area contributed by atoms with Crippen LogP contribution in [-0.4, -0.2) is 42.6 Å². The van der Waals surface area contributed by atoms with Crippen LogP contribution in [0.2, 0.25) is 0 Å². The van der Waals surface area contributed by atoms with Crippen molar-refractivity contribution < 1.29 is 9.53 Å². The number of nitrogens with one attached hydrogen (secondary N) is 1. The molecule has 1 aromatic heterocycles. The molecule has 0 aromatic carbocycles. The number of rotatable bonds is 3. The van der Waals surface area contributed by atoms with Gasteiger partial charge in [-0.15, -0.1) is 0 Å². The van der Waals surface area contributed by atoms with E-state index in [-0.39, 0.29) is 17.8 Å². The topological polar surface area (TPSA) is 69.1 Å². The zero-order valence-electron chi connectivity index (χ0n) is 10.4. The summed E-state index contributed by atoms with van der Waals surface area (Å²) in [6, 6.07) is 6.07. The maximum atomic E-state index is 11.8. The first-order valence-corrected chi connectivity index (χ1v) is 6.06. The fourth-order valence-corrected chi connectivity index (χ4v) is 2.59. The first-order chi connectivity index (χ1) is 8.76. The van der Waals surface area contributed by atoms with Gasteiger partial charge in [-0.25, -0.2) is 0 Å². The summed E-state index contributed by atoms with van der Waals surface area (Å²) in [6.07, 6.45) is 2.59. The van der Waals surface area contributed by atoms with Gasteiger partial charge in [0.05, 0.1) is 25.6 Å². The molecule has 0 spiro atoms. The summed E-state index contributed by atoms with van der Waals surface area (Å²) >= 11 is 0. The summed E-state index contributed by atoms with van der Waals surface area (Å²) in [5.41, 5.74) is 1.04. The molecule has 0 radical (unpaired) electrons. The molecule has 2 atom stereocenters. The molecule has 18 heavy (non-hydrogen) atoms. The number of aromatic nitrogens is 1. The summed E-state index contributed by atoms with van der Waals surface area (Å²) in [5.74, 6) is -0.204. The molecule has 1 saturated heterocycles. The highest BCUT2D eigenvalue weighted by atomic mass is 16.5. The number of nitriles is 1. The van der Waals surface area contributed by atoms with Gasteiger partial charge in [-0.3, -0.25) is 9.69 Å². The standard InChI is InChI=1S/C13H17N3O2/c1-18-13(17)10-4-7-16(8-5-14)9-11(10)12-3-2-6-15-12/h2-3,6,10-11,15H,4,7-9H2,1H3. The zero-order valence-corrected chi connectivity index (χ0v) is 10.4. The smallest absolute Gasteiger partial charge is 0.309 e. The third kappa shape index (κ3) is 2.54. The van der Waals surface area contributed by atoms with E-state index in [0.717, 1.165) is 18.7 Å². The van der Waals surface area contributed by atoms with Crippen molar-refractivity contribution in [1.82, 2.24) is 9.88 Å². The number of ether oxygens (including phenoxy) is 1. The Morgan fingerprint density at radius 3 is 3.17 bits per heavy atom. The Hall–Kier alpha value is -1.80. The second kappa shape index (κ2) is 5.69. The van der Waals surface area contributed by atoms with Gasteiger partial charge >= 0.3 is 5.97 Å². The highest BCUT2D eigenvalue weighted by molar-refractivity contribution is 5.73. The quantitative estimate of drug-likeness (QED) is 0.642. The minimum absolute atomic E-state index is 0.0783. The van der Waals surface area contributed by atoms with Crippen LogP contribution >= 0.6 is 0 Å². The molecular formula is C13H17N3O2. The molecule has 5 heteroatoms. The van der Waals surface area contributed by atoms with Gasteiger partial charge in [0.25, 0.3) is 0 Å². The molecule has 0 aliphatic carbocycles. The lowest BCUT2D eigenvalue weighted by Crippen LogP contribution is -2.42. The summed E-state index contributed by atoms with van der Waals surface area (Å²) < 4.78 is 4.88. The largest absolute Gasteiger partial charge is 0.469 e. The number of hydrogen-bond acceptors (Lipinski definition) is 4. The maximum absolute atomic E-state index is 11.8. The Balaban J connectivity index is 2.16. The summed E-state index contributed by atoms with van der Waals surface area (Å²) in [4.78, 5) is 17.1. The number of nitrogens with zero attached hydrogens (tertiary/aromatic N) is 2. The minimum Gasteiger partial charge on any atom is -0.469 e. The average molecular weight is 247 g/mol. The van der Waals surface area contributed by atoms with Gasteiger partial charge in [0, 0.05) is 30.9 Å². The van der Waals surface area contributed by atoms with Gasteiger partial charge in [-0.05, 0) is 18.6 Å². The fourth-order valence-electron chi connectivity index (χ4n) is 2.59. The van der Waals surface area contributed by atoms with E-state index in [0.29, 0.717) is 13.1 Å². The normalized spacial score (nSPS) is 24.4. The van der Waals surface area contributed by atoms with Crippen molar-refractivity contribution in [2.75, 3.05) is 26.7 Å². The highest BCUT2D eigenvalue weighted by Crippen LogP contribution is 2.32. The lowest BCUT2D eigenvalue weighted by atomic mass is 9.83. The van der Waals surface area contributed by atoms with E-state index in [9.17, 15) is 4.79 Å². The number of carbonyl (C=O) groups excluding carboxylic acids is 1. The van der Waals surface area contributed by atoms with E-state index in [1.165, 1.54) is 7.11 Å². The van der Waals surface area contributed by atoms with Crippen LogP contribution in [0.3, 0.4) is 0 Å². The molecule has 2 unspecified atom stereocenters. The van der Waals surface area contributed by atoms with Crippen LogP contribution in [0.5, 0.6) is 0 Å². The molecule has 2 rings (SSSR count). The Morgan fingerprint density at radius 1 is 1.72 bits per heavy atom. The summed E-state index contributed by atoms with van der Waals surface area (Å²) in [6.45, 7) is 1.89. The van der Waals surface area contributed by atoms with Crippen molar-refractivity contribution in [3.8, 4) is 6.07 Å². The van der Waals surface area contributed by atoms with Gasteiger partial charge in [0.2, 0.25) is 0 Å². The molecule has 1 aromatic rings. The third-order valence-corrected chi connectivity index (χ3v) is 3.52. The van der Waals surface area contributed by atoms with Crippen LogP contribution in [0.15, 0.2) is 18.3 Å². The first-order valence-electron chi connectivity index (χ1n) is 6.06. The van der Waals surface area contributed by atoms with E-state index >= 15 is 0 Å². The third-order valence-electron chi connectivity index (χ3n) is 3.52. The van der Waals surface area contributed by atoms with Crippen LogP contribution in [0.1, 0.15) is 18.0 Å². The monoisotopic (exact) mass is 247 g/mol. The fraction of sp³-hybridized carbons (Fsp3) is 0.538. The minimum atomic E-state index is -0.161. The van der Waals surface area contributed by atoms with Crippen molar-refractivity contribution in [3.63, 3.8) is 0 Å². The molecule has 0 saturated carbocycles. The average Bonchev–Trinajstić information content (AvgIpc) is 2.92. The summed E-state index contributed by atoms with van der Waals surface area (Å²) in [5, 5.41) is 8.77. The van der Waals surface area contributed by atoms with E-state index in [1.54, 1.807) is 0 Å². The lowest BCUT2D eigenvalue weighted by Gasteiger charge is -2.35. The zero-order chi connectivity index (χ0) is 13.0. The van der Waals surface area contributed by atoms with E-state index in [1.807, 2.05) is 18.3 Å². The number of piperidine rings is 1. The molecule has 2 heterocycles. The molecule has 1 fully saturated rings. The SMILES string of the molecule is COC(=O)C1CCN(CC#N)CC1c1ccc[nH]1. The Bertz CT molecular complexity index is 436. The molecule has 0 amide bonds. The Morgan fingerprint density at radius 2 is 2.56 bits per heavy atom. The van der Waals surface area contributed by atoms with E-state index in [2.05, 4.69) is 16.0 Å². The predicted molar refractivity (Wildman–Crippen MR) is 65.7 cm³/mol. The highest BCUT2D eigenvalue weighted by Gasteiger charge is 2.36. The molecule has 0 bridgehead atoms. The van der Waals surface area contributed by atoms with Crippen LogP contribution in [0, 0.1) is 17.2 Å². The molecule has 96 valence electrons. The molecule has 1 N–H and O–H groups in total. The number of hydrogen-bond donors (Lipinski definition) is 1. The van der Waals surface area contributed by atoms with Crippen LogP contribution in [0.4, 0.5) is 0 Å². The number of methoxy groups -OCH3 is 1. The van der Waals surface area contributed by atoms with Gasteiger partial charge in [0.1, 0.15) is 0 Å². The van der Waals surface area contributed by atoms with Gasteiger partial charge in [-0.2, -0.15) is 5.26 Å². The van der Waals surface area contributed by atoms with Crippen molar-refractivity contribution >= 4 is 5.97 Å². The maximum Gasteiger partial charge on any atom is 0.309 e. The number of H-pyrrole nitrogens is 1. The van der Waals surface area contributed by atoms with Crippen LogP contribution in [-0.2, 0) is 9.53 Å². The van der Waals surface area contributed by atoms with E-state index in [4.69, 9.17) is 10.00 Å². The predicted octanol–water partition coefficient (Wildman–Crippen LogP) is 1.12. The van der Waals surface area contributed by atoms with Crippen molar-refractivity contribution in [2.24, 2.45) is 5.92 Å². The molecule has 1 aliphatic rings. The number of aromatic amines is 1. The van der Waals surface area contributed by atoms with Crippen molar-refractivity contribution in [3.05, 3.63) is 24.0 Å². The second-order valence-electron chi connectivity index (χ2n) is 4.54. The Kier molecular flexibility index (Phi) is 4.00. The lowest BCUT2D eigenvalue weighted by molar-refractivity contribution is -0.147. The van der Waals surface area contributed by atoms with Gasteiger partial charge < -0.3 is 9.72 Å². The van der Waals surface area contributed by atoms with Gasteiger partial charge in [0.15, 0.2) is 0 Å². The second-order valence-corrected chi connectivity index (χ2v) is 4.54. The first kappa shape index (κ1) is 12.7. The molecule has 1 aliphatic heterocycles. The van der Waals surface area contributed by atoms with Crippen LogP contribution < -0.4 is 0 Å².